The van der Waals surface area contributed by atoms with Gasteiger partial charge in [-0.1, -0.05) is 219 Å². The quantitative estimate of drug-likeness (QED) is 0.0601. The molecule has 0 radical (unpaired) electrons. The van der Waals surface area contributed by atoms with Gasteiger partial charge < -0.3 is 36.5 Å². The normalized spacial score (nSPS) is 14.3. The molecule has 0 saturated heterocycles. The molecule has 1 fully saturated rings. The Labute approximate surface area is 756 Å². The van der Waals surface area contributed by atoms with Crippen LogP contribution in [0.3, 0.4) is 0 Å². The van der Waals surface area contributed by atoms with Crippen LogP contribution in [-0.2, 0) is 72.1 Å². The molecule has 0 spiro atoms. The molecule has 1 saturated carbocycles. The summed E-state index contributed by atoms with van der Waals surface area (Å²) in [6, 6.07) is 2.11. The summed E-state index contributed by atoms with van der Waals surface area (Å²) in [6.45, 7) is 86.3. The van der Waals surface area contributed by atoms with Crippen molar-refractivity contribution in [3.63, 3.8) is 0 Å². The standard InChI is InChI=1S/C10H17FO.C9H13NO.C9H15NO.C8H13NO.C8H14O2.C8H12O2.C7H10FNO.C7H12O.C7H10O.C6H8FNO.C6H12O2S.3C4H10.C3H3NO/c1-7(8(2)11)9(12)6-10(3,4)5;1-8(2,3)7(11)9(6-10)4-5-9;1-9(2,3)10-7-5-4-6-8(10)11;1-8(2,3)9-6-4-5-7(9)10;2*1-5-7(9)10-6-8(2,3)4;8-6-4-2-1-3-5(6)7(9)10;2*1-5-6(8)7(2,3)4;7-5-3-1-2-4(5)6(8)9;1-5-9(7,8)6(2,3)4;3*1-4(2)3;1-2-3(4)5/h6H2,1-5H3;4-5H2,1-3H3;4,6H,5,7H2,1-3H3;4-5H,6H2,1-3H3;5H,1,6H2,2-4H3;1H,6H2,2-4H3;1-4H2,(H2,9,10);5H,1H2,2-4H3;1H,2-4H3;1-3H2,(H2,8,9);5H,1H2,2-4H3;3*4H,1-3H3;1H,(H2,4,5)/b8-7-;;;;;;;;;;;;;;. The first-order chi connectivity index (χ1) is 55.8. The topological polar surface area (TPSA) is 349 Å². The molecule has 5 rings (SSSR count). The van der Waals surface area contributed by atoms with E-state index < -0.39 is 43.7 Å². The van der Waals surface area contributed by atoms with E-state index in [0.717, 1.165) is 74.8 Å². The Hall–Kier alpha value is -9.20. The summed E-state index contributed by atoms with van der Waals surface area (Å²) in [5.41, 5.74) is 13.2. The average Bonchev–Trinajstić information content (AvgIpc) is 1.62. The fraction of sp³-hybridized carbons (Fsp3) is 0.660. The summed E-state index contributed by atoms with van der Waals surface area (Å²) in [7, 11) is -3.07. The monoisotopic (exact) mass is 1780 g/mol. The van der Waals surface area contributed by atoms with Crippen molar-refractivity contribution in [2.24, 2.45) is 72.9 Å². The Morgan fingerprint density at radius 2 is 0.904 bits per heavy atom. The van der Waals surface area contributed by atoms with Gasteiger partial charge in [-0.3, -0.25) is 43.2 Å². The lowest BCUT2D eigenvalue weighted by Crippen LogP contribution is -2.46. The van der Waals surface area contributed by atoms with Gasteiger partial charge in [0, 0.05) is 87.0 Å². The highest BCUT2D eigenvalue weighted by Crippen LogP contribution is 2.49. The minimum Gasteiger partial charge on any atom is -0.462 e. The Balaban J connectivity index is -0.000000143. The molecule has 0 bridgehead atoms. The maximum Gasteiger partial charge on any atom is 0.384 e. The van der Waals surface area contributed by atoms with Gasteiger partial charge in [0.1, 0.15) is 22.9 Å². The number of Topliss-reactive ketones (excluding diaryl/α,β-unsaturated/α-hetero) is 3. The highest BCUT2D eigenvalue weighted by molar-refractivity contribution is 7.95. The molecule has 0 unspecified atom stereocenters. The van der Waals surface area contributed by atoms with E-state index in [0.29, 0.717) is 45.3 Å². The minimum absolute atomic E-state index is 0.00743. The van der Waals surface area contributed by atoms with Gasteiger partial charge in [0.15, 0.2) is 27.2 Å². The van der Waals surface area contributed by atoms with Gasteiger partial charge in [0.2, 0.25) is 29.4 Å². The largest absolute Gasteiger partial charge is 0.462 e. The number of rotatable bonds is 10. The highest BCUT2D eigenvalue weighted by atomic mass is 32.2. The lowest BCUT2D eigenvalue weighted by atomic mass is 9.82. The smallest absolute Gasteiger partial charge is 0.384 e. The van der Waals surface area contributed by atoms with Crippen molar-refractivity contribution in [3.05, 3.63) is 95.8 Å². The first-order valence-electron chi connectivity index (χ1n) is 42.1. The zero-order chi connectivity index (χ0) is 102. The molecule has 5 aliphatic rings. The van der Waals surface area contributed by atoms with Crippen LogP contribution in [0.4, 0.5) is 13.2 Å². The van der Waals surface area contributed by atoms with E-state index in [2.05, 4.69) is 132 Å². The van der Waals surface area contributed by atoms with Gasteiger partial charge in [-0.05, 0) is 198 Å². The number of carbonyl (C=O) groups is 11. The van der Waals surface area contributed by atoms with E-state index in [1.807, 2.05) is 152 Å². The number of hydrogen-bond acceptors (Lipinski definition) is 16. The first kappa shape index (κ1) is 136. The maximum atomic E-state index is 12.7. The number of hydrogen-bond donors (Lipinski definition) is 3. The van der Waals surface area contributed by atoms with Crippen LogP contribution in [0.1, 0.15) is 334 Å². The number of sulfone groups is 1. The molecule has 2 aliphatic heterocycles. The average molecular weight is 1780 g/mol. The van der Waals surface area contributed by atoms with Crippen LogP contribution in [0.2, 0.25) is 0 Å². The van der Waals surface area contributed by atoms with Crippen molar-refractivity contribution in [1.82, 2.24) is 9.80 Å². The third kappa shape index (κ3) is 84.1. The Kier molecular flexibility index (Phi) is 71.3. The van der Waals surface area contributed by atoms with E-state index in [4.69, 9.17) is 34.3 Å². The molecule has 3 aliphatic carbocycles. The zero-order valence-corrected chi connectivity index (χ0v) is 85.3. The number of nitrogens with two attached hydrogens (primary N) is 3. The van der Waals surface area contributed by atoms with Crippen molar-refractivity contribution >= 4 is 74.4 Å². The summed E-state index contributed by atoms with van der Waals surface area (Å²) >= 11 is 0. The van der Waals surface area contributed by atoms with E-state index >= 15 is 0 Å². The molecular formula is C100H169F3N6O15S. The maximum absolute atomic E-state index is 12.7. The minimum atomic E-state index is -3.07. The van der Waals surface area contributed by atoms with Crippen LogP contribution in [0.25, 0.3) is 0 Å². The fourth-order valence-corrected chi connectivity index (χ4v) is 8.37. The Morgan fingerprint density at radius 1 is 0.544 bits per heavy atom. The Bertz CT molecular complexity index is 3820. The van der Waals surface area contributed by atoms with Crippen LogP contribution in [0.15, 0.2) is 95.8 Å². The molecular weight excluding hydrogens is 1610 g/mol. The number of nitrogens with zero attached hydrogens (tertiary/aromatic N) is 3. The van der Waals surface area contributed by atoms with Gasteiger partial charge in [-0.15, -0.1) is 19.3 Å². The summed E-state index contributed by atoms with van der Waals surface area (Å²) < 4.78 is 68.3. The first-order valence-corrected chi connectivity index (χ1v) is 43.7. The molecule has 0 aromatic carbocycles. The summed E-state index contributed by atoms with van der Waals surface area (Å²) in [5.74, 6) is 4.49. The van der Waals surface area contributed by atoms with Gasteiger partial charge in [0.25, 0.3) is 5.91 Å². The second kappa shape index (κ2) is 65.4. The van der Waals surface area contributed by atoms with Crippen molar-refractivity contribution in [3.8, 4) is 43.1 Å². The molecule has 0 aromatic rings. The van der Waals surface area contributed by atoms with E-state index in [1.54, 1.807) is 59.6 Å². The number of allylic oxidation sites excluding steroid dienone is 5. The third-order valence-corrected chi connectivity index (χ3v) is 17.0. The number of amides is 5. The summed E-state index contributed by atoms with van der Waals surface area (Å²) in [4.78, 5) is 121. The molecule has 2 heterocycles. The van der Waals surface area contributed by atoms with E-state index in [-0.39, 0.29) is 119 Å². The van der Waals surface area contributed by atoms with Crippen molar-refractivity contribution in [2.45, 2.75) is 350 Å². The van der Waals surface area contributed by atoms with E-state index in [1.165, 1.54) is 26.0 Å². The lowest BCUT2D eigenvalue weighted by molar-refractivity contribution is -0.140. The zero-order valence-electron chi connectivity index (χ0n) is 84.5. The number of primary amides is 3. The van der Waals surface area contributed by atoms with Crippen LogP contribution >= 0.6 is 0 Å². The lowest BCUT2D eigenvalue weighted by Gasteiger charge is -2.36. The van der Waals surface area contributed by atoms with Gasteiger partial charge >= 0.3 is 11.9 Å². The van der Waals surface area contributed by atoms with Gasteiger partial charge in [-0.2, -0.15) is 5.26 Å². The van der Waals surface area contributed by atoms with Crippen molar-refractivity contribution < 1.29 is 83.8 Å². The second-order valence-corrected chi connectivity index (χ2v) is 43.9. The molecule has 25 heteroatoms. The predicted molar refractivity (Wildman–Crippen MR) is 509 cm³/mol. The number of carbonyl (C=O) groups excluding carboxylic acids is 11. The number of terminal acetylenes is 3. The fourth-order valence-electron chi connectivity index (χ4n) is 7.87. The summed E-state index contributed by atoms with van der Waals surface area (Å²) in [6.07, 6.45) is 30.9. The number of halogens is 3. The number of ketones is 4. The highest BCUT2D eigenvalue weighted by Gasteiger charge is 2.53. The van der Waals surface area contributed by atoms with Crippen LogP contribution in [-0.4, -0.2) is 125 Å². The van der Waals surface area contributed by atoms with Crippen molar-refractivity contribution in [2.75, 3.05) is 26.3 Å². The number of ether oxygens (including phenoxy) is 2. The van der Waals surface area contributed by atoms with E-state index in [9.17, 15) is 74.3 Å². The summed E-state index contributed by atoms with van der Waals surface area (Å²) in [5, 5.41) is 9.71. The molecule has 0 aromatic heterocycles. The molecule has 125 heavy (non-hydrogen) atoms. The van der Waals surface area contributed by atoms with Crippen LogP contribution in [0.5, 0.6) is 0 Å². The van der Waals surface area contributed by atoms with Crippen LogP contribution in [0, 0.1) is 104 Å². The molecule has 5 amide bonds. The predicted octanol–water partition coefficient (Wildman–Crippen LogP) is 21.5. The molecule has 0 atom stereocenters. The molecule has 716 valence electrons. The van der Waals surface area contributed by atoms with Crippen molar-refractivity contribution in [1.29, 1.82) is 5.26 Å². The van der Waals surface area contributed by atoms with Gasteiger partial charge in [-0.25, -0.2) is 31.2 Å². The molecule has 6 N–H and O–H groups in total. The number of esters is 2. The molecule has 21 nitrogen and oxygen atoms in total. The van der Waals surface area contributed by atoms with Crippen LogP contribution < -0.4 is 17.2 Å². The Morgan fingerprint density at radius 3 is 1.07 bits per heavy atom. The van der Waals surface area contributed by atoms with Gasteiger partial charge in [0.05, 0.1) is 24.0 Å². The second-order valence-electron chi connectivity index (χ2n) is 41.2. The number of nitriles is 1. The third-order valence-electron chi connectivity index (χ3n) is 14.9. The SMILES string of the molecule is C#CC(=O)C(C)(C)C.C#CC(=O)OCC(C)(C)C.C#CC(N)=O.C/C(F)=C(\C)C(=O)CC(C)(C)C.C=CC(=O)C(C)(C)C.C=CC(=O)OCC(C)(C)C.C=CS(=O)(=O)C(C)(C)C.CC(C)(C)C(=O)C1(C#N)CC1.CC(C)(C)N1CC=CC1=O.CC(C)(C)N1CCC=CC1=O.CC(C)C.CC(C)C.CC(C)C.NC(=O)C1=C(F)CCC1.NC(=O)C1=C(F)CCCC1.